The van der Waals surface area contributed by atoms with E-state index in [1.807, 2.05) is 60.7 Å². The Labute approximate surface area is 237 Å². The molecule has 6 aromatic rings. The molecule has 0 atom stereocenters. The van der Waals surface area contributed by atoms with Crippen LogP contribution in [-0.2, 0) is 0 Å². The number of hydrogen-bond acceptors (Lipinski definition) is 3. The number of fused-ring (bicyclic) bond motifs is 5. The molecule has 4 aromatic carbocycles. The molecule has 0 saturated carbocycles. The predicted molar refractivity (Wildman–Crippen MR) is 170 cm³/mol. The predicted octanol–water partition coefficient (Wildman–Crippen LogP) is 7.65. The highest BCUT2D eigenvalue weighted by atomic mass is 16.1. The van der Waals surface area contributed by atoms with Crippen molar-refractivity contribution in [1.82, 2.24) is 9.38 Å². The number of aromatic nitrogens is 2. The van der Waals surface area contributed by atoms with Crippen molar-refractivity contribution in [2.75, 3.05) is 0 Å². The van der Waals surface area contributed by atoms with Crippen LogP contribution < -0.4 is 10.8 Å². The van der Waals surface area contributed by atoms with Gasteiger partial charge in [-0.1, -0.05) is 105 Å². The molecule has 0 aliphatic rings. The molecule has 0 aliphatic heterocycles. The highest BCUT2D eigenvalue weighted by Gasteiger charge is 2.21. The lowest BCUT2D eigenvalue weighted by atomic mass is 9.90. The summed E-state index contributed by atoms with van der Waals surface area (Å²) in [4.78, 5) is 19.2. The SMILES string of the molecule is C=CC=CC(=C)C(=C)c1c(C#N)ccc2c1c(=C)c(=O)n1c3cc(-c4ccccc4)cc(-c4ccccc4)c3nc21. The van der Waals surface area contributed by atoms with Crippen molar-refractivity contribution in [3.8, 4) is 28.3 Å². The molecule has 0 saturated heterocycles. The second kappa shape index (κ2) is 10.1. The van der Waals surface area contributed by atoms with Crippen molar-refractivity contribution in [3.05, 3.63) is 155 Å². The number of allylic oxidation sites excluding steroid dienone is 5. The number of nitrogens with zero attached hydrogens (tertiary/aromatic N) is 3. The van der Waals surface area contributed by atoms with Crippen LogP contribution in [0.3, 0.4) is 0 Å². The van der Waals surface area contributed by atoms with E-state index in [9.17, 15) is 10.1 Å². The van der Waals surface area contributed by atoms with Crippen LogP contribution in [0, 0.1) is 11.3 Å². The maximum Gasteiger partial charge on any atom is 0.264 e. The summed E-state index contributed by atoms with van der Waals surface area (Å²) in [5.41, 5.74) is 7.60. The Bertz CT molecular complexity index is 2230. The highest BCUT2D eigenvalue weighted by molar-refractivity contribution is 6.08. The van der Waals surface area contributed by atoms with E-state index in [4.69, 9.17) is 4.98 Å². The molecule has 0 unspecified atom stereocenters. The Balaban J connectivity index is 1.77. The fraction of sp³-hybridized carbons (Fsp3) is 0. The quantitative estimate of drug-likeness (QED) is 0.209. The molecular formula is C37H25N3O. The van der Waals surface area contributed by atoms with Crippen molar-refractivity contribution < 1.29 is 0 Å². The van der Waals surface area contributed by atoms with Gasteiger partial charge in [0.25, 0.3) is 5.56 Å². The summed E-state index contributed by atoms with van der Waals surface area (Å²) < 4.78 is 1.64. The Morgan fingerprint density at radius 1 is 0.902 bits per heavy atom. The first-order valence-corrected chi connectivity index (χ1v) is 13.1. The molecule has 0 fully saturated rings. The summed E-state index contributed by atoms with van der Waals surface area (Å²) >= 11 is 0. The molecule has 4 heteroatoms. The molecule has 0 spiro atoms. The molecule has 41 heavy (non-hydrogen) atoms. The molecule has 0 amide bonds. The minimum absolute atomic E-state index is 0.270. The van der Waals surface area contributed by atoms with E-state index in [0.717, 1.165) is 22.3 Å². The zero-order valence-electron chi connectivity index (χ0n) is 22.4. The molecule has 2 heterocycles. The first kappa shape index (κ1) is 25.5. The Morgan fingerprint density at radius 2 is 1.59 bits per heavy atom. The summed E-state index contributed by atoms with van der Waals surface area (Å²) in [5.74, 6) is 0. The molecular weight excluding hydrogens is 502 g/mol. The van der Waals surface area contributed by atoms with Crippen molar-refractivity contribution in [2.45, 2.75) is 0 Å². The first-order chi connectivity index (χ1) is 19.9. The Hall–Kier alpha value is -5.79. The van der Waals surface area contributed by atoms with Gasteiger partial charge in [0.1, 0.15) is 5.65 Å². The lowest BCUT2D eigenvalue weighted by Crippen LogP contribution is -2.31. The second-order valence-electron chi connectivity index (χ2n) is 9.80. The maximum absolute atomic E-state index is 14.1. The number of rotatable bonds is 6. The first-order valence-electron chi connectivity index (χ1n) is 13.1. The lowest BCUT2D eigenvalue weighted by Gasteiger charge is -2.13. The van der Waals surface area contributed by atoms with Crippen molar-refractivity contribution in [2.24, 2.45) is 0 Å². The molecule has 0 bridgehead atoms. The summed E-state index contributed by atoms with van der Waals surface area (Å²) in [7, 11) is 0. The van der Waals surface area contributed by atoms with Gasteiger partial charge in [-0.05, 0) is 52.1 Å². The van der Waals surface area contributed by atoms with Gasteiger partial charge < -0.3 is 0 Å². The van der Waals surface area contributed by atoms with E-state index in [1.54, 1.807) is 28.7 Å². The van der Waals surface area contributed by atoms with Crippen LogP contribution in [0.4, 0.5) is 0 Å². The summed E-state index contributed by atoms with van der Waals surface area (Å²) in [5, 5.41) is 11.5. The fourth-order valence-corrected chi connectivity index (χ4v) is 5.39. The fourth-order valence-electron chi connectivity index (χ4n) is 5.39. The summed E-state index contributed by atoms with van der Waals surface area (Å²) in [6, 6.07) is 30.1. The maximum atomic E-state index is 14.1. The van der Waals surface area contributed by atoms with Crippen LogP contribution in [0.5, 0.6) is 0 Å². The number of pyridine rings is 1. The zero-order chi connectivity index (χ0) is 28.7. The molecule has 0 radical (unpaired) electrons. The van der Waals surface area contributed by atoms with Gasteiger partial charge in [0.05, 0.1) is 22.7 Å². The molecule has 6 rings (SSSR count). The third kappa shape index (κ3) is 4.09. The smallest absolute Gasteiger partial charge is 0.264 e. The molecule has 0 aliphatic carbocycles. The topological polar surface area (TPSA) is 58.2 Å². The Kier molecular flexibility index (Phi) is 6.26. The monoisotopic (exact) mass is 527 g/mol. The van der Waals surface area contributed by atoms with E-state index in [2.05, 4.69) is 50.6 Å². The normalized spacial score (nSPS) is 11.3. The number of imidazole rings is 1. The van der Waals surface area contributed by atoms with Crippen LogP contribution >= 0.6 is 0 Å². The third-order valence-electron chi connectivity index (χ3n) is 7.40. The van der Waals surface area contributed by atoms with Crippen LogP contribution in [0.2, 0.25) is 0 Å². The van der Waals surface area contributed by atoms with Gasteiger partial charge in [0.2, 0.25) is 0 Å². The van der Waals surface area contributed by atoms with Crippen LogP contribution in [-0.4, -0.2) is 9.38 Å². The van der Waals surface area contributed by atoms with Gasteiger partial charge in [-0.3, -0.25) is 9.20 Å². The number of nitriles is 1. The molecule has 194 valence electrons. The van der Waals surface area contributed by atoms with E-state index >= 15 is 0 Å². The van der Waals surface area contributed by atoms with Gasteiger partial charge in [-0.15, -0.1) is 0 Å². The number of hydrogen-bond donors (Lipinski definition) is 0. The number of benzene rings is 4. The summed E-state index contributed by atoms with van der Waals surface area (Å²) in [6.07, 6.45) is 5.17. The third-order valence-corrected chi connectivity index (χ3v) is 7.40. The standard InChI is InChI=1S/C37H25N3O/c1-5-6-13-23(2)24(3)33-28(22-38)18-19-30-34(33)25(4)37(41)40-32-21-29(26-14-9-7-10-15-26)20-31(35(32)39-36(30)40)27-16-11-8-12-17-27/h5-21H,1-4H2. The molecule has 2 aromatic heterocycles. The average Bonchev–Trinajstić information content (AvgIpc) is 3.41. The van der Waals surface area contributed by atoms with Gasteiger partial charge in [-0.25, -0.2) is 4.98 Å². The lowest BCUT2D eigenvalue weighted by molar-refractivity contribution is 1.15. The van der Waals surface area contributed by atoms with E-state index < -0.39 is 0 Å². The van der Waals surface area contributed by atoms with Gasteiger partial charge in [-0.2, -0.15) is 5.26 Å². The highest BCUT2D eigenvalue weighted by Crippen LogP contribution is 2.36. The van der Waals surface area contributed by atoms with Crippen molar-refractivity contribution in [3.63, 3.8) is 0 Å². The van der Waals surface area contributed by atoms with Crippen LogP contribution in [0.25, 0.3) is 61.9 Å². The average molecular weight is 528 g/mol. The van der Waals surface area contributed by atoms with E-state index in [0.29, 0.717) is 49.7 Å². The van der Waals surface area contributed by atoms with E-state index in [-0.39, 0.29) is 10.8 Å². The minimum Gasteiger partial charge on any atom is -0.268 e. The molecule has 4 nitrogen and oxygen atoms in total. The van der Waals surface area contributed by atoms with Gasteiger partial charge >= 0.3 is 0 Å². The second-order valence-corrected chi connectivity index (χ2v) is 9.80. The minimum atomic E-state index is -0.296. The van der Waals surface area contributed by atoms with Gasteiger partial charge in [0, 0.05) is 27.1 Å². The largest absolute Gasteiger partial charge is 0.268 e. The van der Waals surface area contributed by atoms with Crippen LogP contribution in [0.1, 0.15) is 11.1 Å². The van der Waals surface area contributed by atoms with Crippen molar-refractivity contribution >= 4 is 39.6 Å². The van der Waals surface area contributed by atoms with Crippen LogP contribution in [0.15, 0.2) is 133 Å². The van der Waals surface area contributed by atoms with E-state index in [1.165, 1.54) is 0 Å². The van der Waals surface area contributed by atoms with Gasteiger partial charge in [0.15, 0.2) is 0 Å². The Morgan fingerprint density at radius 3 is 2.24 bits per heavy atom. The summed E-state index contributed by atoms with van der Waals surface area (Å²) in [6.45, 7) is 16.3. The molecule has 0 N–H and O–H groups in total. The van der Waals surface area contributed by atoms with Crippen molar-refractivity contribution in [1.29, 1.82) is 5.26 Å². The zero-order valence-corrected chi connectivity index (χ0v) is 22.4.